The van der Waals surface area contributed by atoms with Crippen molar-refractivity contribution < 1.29 is 9.50 Å². The molecule has 10 heteroatoms. The minimum Gasteiger partial charge on any atom is -0.394 e. The lowest BCUT2D eigenvalue weighted by Crippen LogP contribution is -2.27. The Hall–Kier alpha value is -3.69. The van der Waals surface area contributed by atoms with Crippen molar-refractivity contribution in [2.45, 2.75) is 13.0 Å². The van der Waals surface area contributed by atoms with Crippen molar-refractivity contribution in [3.8, 4) is 11.3 Å². The second kappa shape index (κ2) is 9.21. The van der Waals surface area contributed by atoms with E-state index in [0.717, 1.165) is 5.69 Å². The number of pyridine rings is 1. The van der Waals surface area contributed by atoms with Gasteiger partial charge in [-0.1, -0.05) is 17.7 Å². The van der Waals surface area contributed by atoms with E-state index in [1.54, 1.807) is 30.5 Å². The van der Waals surface area contributed by atoms with Gasteiger partial charge in [0.2, 0.25) is 5.95 Å². The van der Waals surface area contributed by atoms with Crippen LogP contribution in [0.1, 0.15) is 17.3 Å². The highest BCUT2D eigenvalue weighted by Gasteiger charge is 2.16. The highest BCUT2D eigenvalue weighted by Crippen LogP contribution is 2.23. The van der Waals surface area contributed by atoms with E-state index in [1.165, 1.54) is 35.3 Å². The van der Waals surface area contributed by atoms with Crippen molar-refractivity contribution in [2.24, 2.45) is 0 Å². The normalized spacial score (nSPS) is 11.9. The molecule has 4 aromatic rings. The summed E-state index contributed by atoms with van der Waals surface area (Å²) in [4.78, 5) is 29.6. The predicted molar refractivity (Wildman–Crippen MR) is 118 cm³/mol. The minimum atomic E-state index is -0.757. The Morgan fingerprint density at radius 3 is 2.72 bits per heavy atom. The highest BCUT2D eigenvalue weighted by atomic mass is 35.5. The molecule has 0 saturated carbocycles. The summed E-state index contributed by atoms with van der Waals surface area (Å²) in [6.45, 7) is 1.46. The number of aliphatic hydroxyl groups excluding tert-OH is 1. The molecule has 3 aromatic heterocycles. The van der Waals surface area contributed by atoms with E-state index in [-0.39, 0.29) is 17.2 Å². The first-order chi connectivity index (χ1) is 15.4. The molecule has 1 atom stereocenters. The molecule has 0 aliphatic heterocycles. The van der Waals surface area contributed by atoms with Crippen molar-refractivity contribution in [2.75, 3.05) is 11.9 Å². The summed E-state index contributed by atoms with van der Waals surface area (Å²) in [6.07, 6.45) is 4.54. The van der Waals surface area contributed by atoms with Gasteiger partial charge in [-0.3, -0.25) is 4.79 Å². The van der Waals surface area contributed by atoms with E-state index in [2.05, 4.69) is 25.3 Å². The van der Waals surface area contributed by atoms with Crippen molar-refractivity contribution in [1.82, 2.24) is 24.5 Å². The van der Waals surface area contributed by atoms with Crippen LogP contribution >= 0.6 is 11.6 Å². The molecule has 0 aliphatic carbocycles. The zero-order valence-corrected chi connectivity index (χ0v) is 17.7. The number of aromatic nitrogens is 5. The fourth-order valence-electron chi connectivity index (χ4n) is 3.20. The number of nitrogens with zero attached hydrogens (tertiary/aromatic N) is 5. The third-order valence-electron chi connectivity index (χ3n) is 4.78. The number of anilines is 2. The van der Waals surface area contributed by atoms with Gasteiger partial charge < -0.3 is 15.0 Å². The summed E-state index contributed by atoms with van der Waals surface area (Å²) in [5, 5.41) is 12.8. The number of aryl methyl sites for hydroxylation is 1. The third-order valence-corrected chi connectivity index (χ3v) is 5.09. The molecule has 0 amide bonds. The average Bonchev–Trinajstić information content (AvgIpc) is 2.78. The zero-order chi connectivity index (χ0) is 22.7. The number of hydrogen-bond acceptors (Lipinski definition) is 7. The van der Waals surface area contributed by atoms with Crippen molar-refractivity contribution >= 4 is 23.4 Å². The second-order valence-electron chi connectivity index (χ2n) is 6.97. The Morgan fingerprint density at radius 1 is 1.16 bits per heavy atom. The van der Waals surface area contributed by atoms with Crippen molar-refractivity contribution in [1.29, 1.82) is 0 Å². The number of hydrogen-bond donors (Lipinski definition) is 2. The summed E-state index contributed by atoms with van der Waals surface area (Å²) in [7, 11) is 0. The number of aliphatic hydroxyl groups is 1. The topological polar surface area (TPSA) is 106 Å². The Labute approximate surface area is 187 Å². The van der Waals surface area contributed by atoms with Crippen LogP contribution in [0.5, 0.6) is 0 Å². The molecule has 4 rings (SSSR count). The molecule has 0 fully saturated rings. The molecule has 0 radical (unpaired) electrons. The lowest BCUT2D eigenvalue weighted by Gasteiger charge is -2.18. The highest BCUT2D eigenvalue weighted by molar-refractivity contribution is 6.30. The number of halogens is 2. The molecule has 0 spiro atoms. The molecule has 0 aliphatic rings. The first kappa shape index (κ1) is 21.5. The molecule has 8 nitrogen and oxygen atoms in total. The molecule has 2 N–H and O–H groups in total. The molecular formula is C22H18ClFN6O2. The lowest BCUT2D eigenvalue weighted by atomic mass is 10.1. The van der Waals surface area contributed by atoms with Crippen LogP contribution in [-0.2, 0) is 0 Å². The number of benzene rings is 1. The molecule has 0 bridgehead atoms. The van der Waals surface area contributed by atoms with Crippen molar-refractivity contribution in [3.63, 3.8) is 0 Å². The first-order valence-electron chi connectivity index (χ1n) is 9.61. The number of nitrogens with one attached hydrogen (secondary N) is 1. The summed E-state index contributed by atoms with van der Waals surface area (Å²) >= 11 is 5.74. The summed E-state index contributed by atoms with van der Waals surface area (Å²) in [5.41, 5.74) is 1.93. The Morgan fingerprint density at radius 2 is 2.00 bits per heavy atom. The maximum absolute atomic E-state index is 13.9. The van der Waals surface area contributed by atoms with Gasteiger partial charge in [0, 0.05) is 35.8 Å². The van der Waals surface area contributed by atoms with E-state index >= 15 is 0 Å². The smallest absolute Gasteiger partial charge is 0.251 e. The zero-order valence-electron chi connectivity index (χ0n) is 16.9. The molecule has 1 unspecified atom stereocenters. The standard InChI is InChI=1S/C22H18ClFN6O2/c1-13-8-20(27-12-26-13)29-22-25-6-4-18(28-22)14-5-7-30(21(32)10-14)19(11-31)15-2-3-16(23)17(24)9-15/h2-10,12,19,31H,11H2,1H3,(H,25,26,27,28,29). The summed E-state index contributed by atoms with van der Waals surface area (Å²) in [6, 6.07) is 9.94. The van der Waals surface area contributed by atoms with Gasteiger partial charge in [-0.2, -0.15) is 0 Å². The summed E-state index contributed by atoms with van der Waals surface area (Å²) in [5.74, 6) is 0.243. The van der Waals surface area contributed by atoms with Gasteiger partial charge in [0.05, 0.1) is 23.4 Å². The van der Waals surface area contributed by atoms with E-state index in [1.807, 2.05) is 6.92 Å². The fourth-order valence-corrected chi connectivity index (χ4v) is 3.31. The van der Waals surface area contributed by atoms with Crippen LogP contribution < -0.4 is 10.9 Å². The second-order valence-corrected chi connectivity index (χ2v) is 7.38. The van der Waals surface area contributed by atoms with E-state index in [9.17, 15) is 14.3 Å². The third kappa shape index (κ3) is 4.63. The molecule has 162 valence electrons. The maximum atomic E-state index is 13.9. The van der Waals surface area contributed by atoms with Gasteiger partial charge >= 0.3 is 0 Å². The Balaban J connectivity index is 1.63. The fraction of sp³-hybridized carbons (Fsp3) is 0.136. The van der Waals surface area contributed by atoms with Crippen LogP contribution in [-0.4, -0.2) is 36.2 Å². The van der Waals surface area contributed by atoms with Crippen LogP contribution in [0.4, 0.5) is 16.2 Å². The van der Waals surface area contributed by atoms with Gasteiger partial charge in [0.25, 0.3) is 5.56 Å². The maximum Gasteiger partial charge on any atom is 0.251 e. The Kier molecular flexibility index (Phi) is 6.20. The van der Waals surface area contributed by atoms with Gasteiger partial charge in [-0.25, -0.2) is 24.3 Å². The van der Waals surface area contributed by atoms with Crippen LogP contribution in [0.3, 0.4) is 0 Å². The van der Waals surface area contributed by atoms with Crippen LogP contribution in [0.25, 0.3) is 11.3 Å². The van der Waals surface area contributed by atoms with Gasteiger partial charge in [0.1, 0.15) is 18.0 Å². The lowest BCUT2D eigenvalue weighted by molar-refractivity contribution is 0.247. The molecule has 32 heavy (non-hydrogen) atoms. The van der Waals surface area contributed by atoms with Crippen LogP contribution in [0, 0.1) is 12.7 Å². The van der Waals surface area contributed by atoms with Crippen LogP contribution in [0.2, 0.25) is 5.02 Å². The van der Waals surface area contributed by atoms with Crippen LogP contribution in [0.15, 0.2) is 66.0 Å². The minimum absolute atomic E-state index is 0.0292. The van der Waals surface area contributed by atoms with E-state index < -0.39 is 11.9 Å². The predicted octanol–water partition coefficient (Wildman–Crippen LogP) is 3.52. The molecular weight excluding hydrogens is 435 g/mol. The SMILES string of the molecule is Cc1cc(Nc2nccc(-c3ccn(C(CO)c4ccc(Cl)c(F)c4)c(=O)c3)n2)ncn1. The average molecular weight is 453 g/mol. The van der Waals surface area contributed by atoms with Gasteiger partial charge in [0.15, 0.2) is 0 Å². The van der Waals surface area contributed by atoms with E-state index in [0.29, 0.717) is 28.6 Å². The number of rotatable bonds is 6. The monoisotopic (exact) mass is 452 g/mol. The van der Waals surface area contributed by atoms with Gasteiger partial charge in [-0.15, -0.1) is 0 Å². The molecule has 3 heterocycles. The largest absolute Gasteiger partial charge is 0.394 e. The van der Waals surface area contributed by atoms with E-state index in [4.69, 9.17) is 11.6 Å². The Bertz CT molecular complexity index is 1330. The van der Waals surface area contributed by atoms with Crippen molar-refractivity contribution in [3.05, 3.63) is 93.6 Å². The summed E-state index contributed by atoms with van der Waals surface area (Å²) < 4.78 is 15.2. The molecule has 0 saturated heterocycles. The van der Waals surface area contributed by atoms with Gasteiger partial charge in [-0.05, 0) is 36.8 Å². The first-order valence-corrected chi connectivity index (χ1v) is 9.99. The molecule has 1 aromatic carbocycles. The quantitative estimate of drug-likeness (QED) is 0.461.